The minimum Gasteiger partial charge on any atom is -0.497 e. The van der Waals surface area contributed by atoms with Crippen LogP contribution in [0.3, 0.4) is 0 Å². The first-order chi connectivity index (χ1) is 11.6. The average Bonchev–Trinajstić information content (AvgIpc) is 3.14. The van der Waals surface area contributed by atoms with Crippen LogP contribution in [0.2, 0.25) is 0 Å². The fourth-order valence-electron chi connectivity index (χ4n) is 4.37. The molecule has 2 aliphatic rings. The smallest absolute Gasteiger partial charge is 0.143 e. The first kappa shape index (κ1) is 15.7. The molecule has 2 unspecified atom stereocenters. The lowest BCUT2D eigenvalue weighted by Gasteiger charge is -2.32. The van der Waals surface area contributed by atoms with Crippen LogP contribution in [0, 0.1) is 5.41 Å². The van der Waals surface area contributed by atoms with Crippen molar-refractivity contribution < 1.29 is 9.53 Å². The van der Waals surface area contributed by atoms with Crippen molar-refractivity contribution in [3.05, 3.63) is 58.1 Å². The van der Waals surface area contributed by atoms with Gasteiger partial charge in [-0.1, -0.05) is 22.0 Å². The number of aldehydes is 1. The van der Waals surface area contributed by atoms with Crippen LogP contribution >= 0.6 is 15.9 Å². The van der Waals surface area contributed by atoms with Gasteiger partial charge in [-0.25, -0.2) is 0 Å². The zero-order chi connectivity index (χ0) is 16.7. The third-order valence-corrected chi connectivity index (χ3v) is 6.13. The maximum atomic E-state index is 12.0. The molecule has 0 N–H and O–H groups in total. The van der Waals surface area contributed by atoms with Crippen molar-refractivity contribution in [1.82, 2.24) is 0 Å². The van der Waals surface area contributed by atoms with Gasteiger partial charge in [-0.2, -0.15) is 0 Å². The molecule has 2 aromatic rings. The summed E-state index contributed by atoms with van der Waals surface area (Å²) in [5.74, 6) is 0.899. The fourth-order valence-corrected chi connectivity index (χ4v) is 4.64. The predicted octanol–water partition coefficient (Wildman–Crippen LogP) is 4.02. The lowest BCUT2D eigenvalue weighted by molar-refractivity contribution is -0.110. The molecule has 3 nitrogen and oxygen atoms in total. The van der Waals surface area contributed by atoms with Crippen LogP contribution in [0.25, 0.3) is 0 Å². The summed E-state index contributed by atoms with van der Waals surface area (Å²) in [6, 6.07) is 14.5. The van der Waals surface area contributed by atoms with E-state index >= 15 is 0 Å². The Morgan fingerprint density at radius 3 is 2.62 bits per heavy atom. The Kier molecular flexibility index (Phi) is 3.87. The molecule has 2 atom stereocenters. The molecule has 24 heavy (non-hydrogen) atoms. The van der Waals surface area contributed by atoms with Crippen LogP contribution in [0.4, 0.5) is 5.69 Å². The molecule has 0 saturated carbocycles. The molecule has 0 radical (unpaired) electrons. The number of nitrogens with zero attached hydrogens (tertiary/aromatic N) is 1. The van der Waals surface area contributed by atoms with E-state index in [2.05, 4.69) is 45.1 Å². The Morgan fingerprint density at radius 2 is 1.92 bits per heavy atom. The zero-order valence-corrected chi connectivity index (χ0v) is 15.3. The third kappa shape index (κ3) is 2.44. The minimum absolute atomic E-state index is 0.0174. The lowest BCUT2D eigenvalue weighted by atomic mass is 9.78. The highest BCUT2D eigenvalue weighted by molar-refractivity contribution is 9.10. The van der Waals surface area contributed by atoms with Crippen LogP contribution in [-0.4, -0.2) is 26.0 Å². The Labute approximate surface area is 150 Å². The summed E-state index contributed by atoms with van der Waals surface area (Å²) >= 11 is 3.48. The molecule has 124 valence electrons. The molecule has 1 spiro atoms. The van der Waals surface area contributed by atoms with Gasteiger partial charge in [-0.15, -0.1) is 0 Å². The molecular formula is C20H20BrNO2. The third-order valence-electron chi connectivity index (χ3n) is 5.60. The number of halogens is 1. The molecule has 2 aromatic carbocycles. The quantitative estimate of drug-likeness (QED) is 0.747. The largest absolute Gasteiger partial charge is 0.497 e. The summed E-state index contributed by atoms with van der Waals surface area (Å²) in [4.78, 5) is 14.3. The molecule has 1 aliphatic heterocycles. The molecule has 1 aliphatic carbocycles. The molecule has 4 rings (SSSR count). The van der Waals surface area contributed by atoms with Gasteiger partial charge in [0.05, 0.1) is 13.2 Å². The summed E-state index contributed by atoms with van der Waals surface area (Å²) < 4.78 is 6.42. The number of ether oxygens (including phenoxy) is 1. The number of fused-ring (bicyclic) bond motifs is 1. The SMILES string of the molecule is COc1ccc2c(c1)CC1(CCN(c3ccc(Br)cc3)C1C=O)C2. The van der Waals surface area contributed by atoms with E-state index in [0.29, 0.717) is 0 Å². The van der Waals surface area contributed by atoms with Gasteiger partial charge in [0.1, 0.15) is 12.0 Å². The number of carbonyl (C=O) groups excluding carboxylic acids is 1. The molecule has 1 fully saturated rings. The molecule has 0 aromatic heterocycles. The van der Waals surface area contributed by atoms with E-state index in [0.717, 1.165) is 48.0 Å². The second-order valence-electron chi connectivity index (χ2n) is 6.85. The first-order valence-corrected chi connectivity index (χ1v) is 9.08. The fraction of sp³-hybridized carbons (Fsp3) is 0.350. The van der Waals surface area contributed by atoms with Crippen molar-refractivity contribution in [3.63, 3.8) is 0 Å². The van der Waals surface area contributed by atoms with Gasteiger partial charge in [0.25, 0.3) is 0 Å². The van der Waals surface area contributed by atoms with Gasteiger partial charge in [0.15, 0.2) is 0 Å². The second-order valence-corrected chi connectivity index (χ2v) is 7.77. The second kappa shape index (κ2) is 5.92. The van der Waals surface area contributed by atoms with E-state index < -0.39 is 0 Å². The van der Waals surface area contributed by atoms with Crippen molar-refractivity contribution in [3.8, 4) is 5.75 Å². The van der Waals surface area contributed by atoms with E-state index in [9.17, 15) is 4.79 Å². The van der Waals surface area contributed by atoms with E-state index in [4.69, 9.17) is 4.74 Å². The number of benzene rings is 2. The highest BCUT2D eigenvalue weighted by Gasteiger charge is 2.50. The zero-order valence-electron chi connectivity index (χ0n) is 13.7. The summed E-state index contributed by atoms with van der Waals surface area (Å²) in [6.45, 7) is 0.927. The molecule has 0 amide bonds. The topological polar surface area (TPSA) is 29.5 Å². The predicted molar refractivity (Wildman–Crippen MR) is 98.8 cm³/mol. The van der Waals surface area contributed by atoms with Crippen LogP contribution in [0.1, 0.15) is 17.5 Å². The first-order valence-electron chi connectivity index (χ1n) is 8.28. The van der Waals surface area contributed by atoms with E-state index in [1.54, 1.807) is 7.11 Å². The maximum absolute atomic E-state index is 12.0. The minimum atomic E-state index is -0.0722. The molecule has 1 saturated heterocycles. The number of carbonyl (C=O) groups is 1. The number of rotatable bonds is 3. The van der Waals surface area contributed by atoms with Gasteiger partial charge >= 0.3 is 0 Å². The van der Waals surface area contributed by atoms with Gasteiger partial charge in [-0.3, -0.25) is 0 Å². The monoisotopic (exact) mass is 385 g/mol. The van der Waals surface area contributed by atoms with Crippen molar-refractivity contribution in [2.45, 2.75) is 25.3 Å². The normalized spacial score (nSPS) is 25.1. The van der Waals surface area contributed by atoms with Gasteiger partial charge in [0.2, 0.25) is 0 Å². The summed E-state index contributed by atoms with van der Waals surface area (Å²) in [6.07, 6.45) is 4.13. The molecule has 4 heteroatoms. The van der Waals surface area contributed by atoms with Crippen LogP contribution < -0.4 is 9.64 Å². The van der Waals surface area contributed by atoms with Crippen LogP contribution in [0.5, 0.6) is 5.75 Å². The standard InChI is InChI=1S/C20H20BrNO2/c1-24-18-7-2-14-11-20(12-15(14)10-18)8-9-22(19(20)13-23)17-5-3-16(21)4-6-17/h2-7,10,13,19H,8-9,11-12H2,1H3. The Morgan fingerprint density at radius 1 is 1.17 bits per heavy atom. The average molecular weight is 386 g/mol. The van der Waals surface area contributed by atoms with Gasteiger partial charge in [0, 0.05) is 22.1 Å². The number of hydrogen-bond donors (Lipinski definition) is 0. The van der Waals surface area contributed by atoms with Crippen LogP contribution in [-0.2, 0) is 17.6 Å². The van der Waals surface area contributed by atoms with E-state index in [-0.39, 0.29) is 11.5 Å². The molecule has 0 bridgehead atoms. The Hall–Kier alpha value is -1.81. The highest BCUT2D eigenvalue weighted by atomic mass is 79.9. The molecular weight excluding hydrogens is 366 g/mol. The van der Waals surface area contributed by atoms with E-state index in [1.807, 2.05) is 18.2 Å². The van der Waals surface area contributed by atoms with E-state index in [1.165, 1.54) is 11.1 Å². The number of hydrogen-bond acceptors (Lipinski definition) is 3. The summed E-state index contributed by atoms with van der Waals surface area (Å²) in [5, 5.41) is 0. The Bertz CT molecular complexity index is 774. The highest BCUT2D eigenvalue weighted by Crippen LogP contribution is 2.49. The number of methoxy groups -OCH3 is 1. The van der Waals surface area contributed by atoms with Gasteiger partial charge < -0.3 is 14.4 Å². The van der Waals surface area contributed by atoms with Crippen molar-refractivity contribution in [2.75, 3.05) is 18.6 Å². The number of anilines is 1. The summed E-state index contributed by atoms with van der Waals surface area (Å²) in [7, 11) is 1.70. The van der Waals surface area contributed by atoms with Gasteiger partial charge in [-0.05, 0) is 66.8 Å². The van der Waals surface area contributed by atoms with Crippen LogP contribution in [0.15, 0.2) is 46.9 Å². The summed E-state index contributed by atoms with van der Waals surface area (Å²) in [5.41, 5.74) is 3.84. The Balaban J connectivity index is 1.65. The van der Waals surface area contributed by atoms with Crippen molar-refractivity contribution >= 4 is 27.9 Å². The van der Waals surface area contributed by atoms with Crippen molar-refractivity contribution in [1.29, 1.82) is 0 Å². The lowest BCUT2D eigenvalue weighted by Crippen LogP contribution is -2.41. The molecule has 1 heterocycles. The maximum Gasteiger partial charge on any atom is 0.143 e. The van der Waals surface area contributed by atoms with Crippen molar-refractivity contribution in [2.24, 2.45) is 5.41 Å².